The van der Waals surface area contributed by atoms with E-state index in [2.05, 4.69) is 0 Å². The number of piperazine rings is 1. The maximum absolute atomic E-state index is 13.1. The molecule has 31 heavy (non-hydrogen) atoms. The van der Waals surface area contributed by atoms with Crippen LogP contribution in [0.4, 0.5) is 32.0 Å². The van der Waals surface area contributed by atoms with E-state index >= 15 is 0 Å². The summed E-state index contributed by atoms with van der Waals surface area (Å²) in [6, 6.07) is 6.10. The third kappa shape index (κ3) is 4.82. The van der Waals surface area contributed by atoms with Crippen molar-refractivity contribution in [2.24, 2.45) is 0 Å². The minimum atomic E-state index is -5.12. The molecule has 170 valence electrons. The molecule has 1 fully saturated rings. The Kier molecular flexibility index (Phi) is 6.05. The Morgan fingerprint density at radius 3 is 1.81 bits per heavy atom. The molecule has 0 amide bonds. The first-order valence-corrected chi connectivity index (χ1v) is 10.8. The lowest BCUT2D eigenvalue weighted by atomic mass is 10.1. The summed E-state index contributed by atoms with van der Waals surface area (Å²) in [7, 11) is -4.54. The van der Waals surface area contributed by atoms with Crippen molar-refractivity contribution in [3.63, 3.8) is 0 Å². The van der Waals surface area contributed by atoms with Gasteiger partial charge < -0.3 is 4.90 Å². The minimum Gasteiger partial charge on any atom is -0.369 e. The zero-order valence-corrected chi connectivity index (χ0v) is 17.5. The summed E-state index contributed by atoms with van der Waals surface area (Å²) in [5, 5.41) is 0. The van der Waals surface area contributed by atoms with Gasteiger partial charge in [0.1, 0.15) is 0 Å². The third-order valence-electron chi connectivity index (χ3n) is 5.35. The first-order valence-electron chi connectivity index (χ1n) is 9.32. The number of halogens is 6. The second kappa shape index (κ2) is 8.01. The monoisotopic (exact) mass is 466 g/mol. The van der Waals surface area contributed by atoms with E-state index in [-0.39, 0.29) is 44.4 Å². The van der Waals surface area contributed by atoms with Gasteiger partial charge in [-0.05, 0) is 49.2 Å². The van der Waals surface area contributed by atoms with E-state index in [9.17, 15) is 34.8 Å². The molecule has 0 radical (unpaired) electrons. The van der Waals surface area contributed by atoms with E-state index in [1.807, 2.05) is 36.9 Å². The Bertz CT molecular complexity index is 1040. The largest absolute Gasteiger partial charge is 0.416 e. The van der Waals surface area contributed by atoms with E-state index in [1.54, 1.807) is 0 Å². The van der Waals surface area contributed by atoms with Crippen LogP contribution in [0.25, 0.3) is 0 Å². The normalized spacial score (nSPS) is 16.6. The quantitative estimate of drug-likeness (QED) is 0.608. The SMILES string of the molecule is Cc1cccc(N2CCN(S(=O)(=O)c3cc(C(F)(F)F)cc(C(F)(F)F)c3)CC2)c1C. The second-order valence-electron chi connectivity index (χ2n) is 7.35. The Labute approximate surface area is 176 Å². The predicted molar refractivity (Wildman–Crippen MR) is 103 cm³/mol. The lowest BCUT2D eigenvalue weighted by molar-refractivity contribution is -0.143. The summed E-state index contributed by atoms with van der Waals surface area (Å²) in [4.78, 5) is 0.927. The zero-order valence-electron chi connectivity index (χ0n) is 16.7. The second-order valence-corrected chi connectivity index (χ2v) is 9.29. The van der Waals surface area contributed by atoms with Gasteiger partial charge >= 0.3 is 12.4 Å². The van der Waals surface area contributed by atoms with Gasteiger partial charge in [0.15, 0.2) is 0 Å². The molecule has 1 saturated heterocycles. The Morgan fingerprint density at radius 1 is 0.806 bits per heavy atom. The van der Waals surface area contributed by atoms with Gasteiger partial charge in [-0.25, -0.2) is 8.42 Å². The fraction of sp³-hybridized carbons (Fsp3) is 0.400. The van der Waals surface area contributed by atoms with Gasteiger partial charge in [-0.15, -0.1) is 0 Å². The number of sulfonamides is 1. The van der Waals surface area contributed by atoms with Gasteiger partial charge in [0.2, 0.25) is 10.0 Å². The van der Waals surface area contributed by atoms with Crippen LogP contribution in [0.3, 0.4) is 0 Å². The van der Waals surface area contributed by atoms with Crippen molar-refractivity contribution >= 4 is 15.7 Å². The number of rotatable bonds is 3. The molecule has 0 bridgehead atoms. The maximum Gasteiger partial charge on any atom is 0.416 e. The van der Waals surface area contributed by atoms with Gasteiger partial charge in [0.25, 0.3) is 0 Å². The molecule has 0 saturated carbocycles. The molecule has 11 heteroatoms. The van der Waals surface area contributed by atoms with Gasteiger partial charge in [0, 0.05) is 31.9 Å². The minimum absolute atomic E-state index is 0.0622. The molecule has 1 heterocycles. The van der Waals surface area contributed by atoms with Crippen molar-refractivity contribution in [3.8, 4) is 0 Å². The number of benzene rings is 2. The fourth-order valence-electron chi connectivity index (χ4n) is 3.47. The van der Waals surface area contributed by atoms with Gasteiger partial charge in [-0.2, -0.15) is 30.6 Å². The smallest absolute Gasteiger partial charge is 0.369 e. The summed E-state index contributed by atoms with van der Waals surface area (Å²) in [6.07, 6.45) is -10.2. The molecule has 3 rings (SSSR count). The lowest BCUT2D eigenvalue weighted by Crippen LogP contribution is -2.49. The van der Waals surface area contributed by atoms with Gasteiger partial charge in [-0.3, -0.25) is 0 Å². The molecule has 0 spiro atoms. The molecule has 1 aliphatic rings. The zero-order chi connectivity index (χ0) is 23.2. The summed E-state index contributed by atoms with van der Waals surface area (Å²) in [5.41, 5.74) is -0.331. The number of hydrogen-bond acceptors (Lipinski definition) is 3. The van der Waals surface area contributed by atoms with E-state index in [4.69, 9.17) is 0 Å². The highest BCUT2D eigenvalue weighted by Crippen LogP contribution is 2.38. The average Bonchev–Trinajstić information content (AvgIpc) is 2.68. The van der Waals surface area contributed by atoms with Crippen molar-refractivity contribution in [1.82, 2.24) is 4.31 Å². The lowest BCUT2D eigenvalue weighted by Gasteiger charge is -2.36. The van der Waals surface area contributed by atoms with Crippen LogP contribution in [0.5, 0.6) is 0 Å². The summed E-state index contributed by atoms with van der Waals surface area (Å²) >= 11 is 0. The van der Waals surface area contributed by atoms with Gasteiger partial charge in [-0.1, -0.05) is 12.1 Å². The Morgan fingerprint density at radius 2 is 1.32 bits per heavy atom. The first kappa shape index (κ1) is 23.4. The molecular formula is C20H20F6N2O2S. The Balaban J connectivity index is 1.90. The van der Waals surface area contributed by atoms with Crippen LogP contribution in [0.15, 0.2) is 41.3 Å². The number of nitrogens with zero attached hydrogens (tertiary/aromatic N) is 2. The summed E-state index contributed by atoms with van der Waals surface area (Å²) in [6.45, 7) is 4.25. The van der Waals surface area contributed by atoms with Crippen molar-refractivity contribution in [2.75, 3.05) is 31.1 Å². The topological polar surface area (TPSA) is 40.6 Å². The van der Waals surface area contributed by atoms with Crippen LogP contribution in [0.2, 0.25) is 0 Å². The highest BCUT2D eigenvalue weighted by Gasteiger charge is 2.39. The molecular weight excluding hydrogens is 446 g/mol. The van der Waals surface area contributed by atoms with E-state index < -0.39 is 38.4 Å². The van der Waals surface area contributed by atoms with Crippen molar-refractivity contribution < 1.29 is 34.8 Å². The molecule has 0 N–H and O–H groups in total. The Hall–Kier alpha value is -2.27. The molecule has 4 nitrogen and oxygen atoms in total. The molecule has 2 aromatic carbocycles. The van der Waals surface area contributed by atoms with Gasteiger partial charge in [0.05, 0.1) is 16.0 Å². The summed E-state index contributed by atoms with van der Waals surface area (Å²) in [5.74, 6) is 0. The molecule has 2 aromatic rings. The summed E-state index contributed by atoms with van der Waals surface area (Å²) < 4.78 is 105. The van der Waals surface area contributed by atoms with Crippen molar-refractivity contribution in [2.45, 2.75) is 31.1 Å². The van der Waals surface area contributed by atoms with Crippen LogP contribution < -0.4 is 4.90 Å². The number of hydrogen-bond donors (Lipinski definition) is 0. The van der Waals surface area contributed by atoms with Crippen LogP contribution in [-0.4, -0.2) is 38.9 Å². The number of anilines is 1. The molecule has 1 aliphatic heterocycles. The standard InChI is InChI=1S/C20H20F6N2O2S/c1-13-4-3-5-18(14(13)2)27-6-8-28(9-7-27)31(29,30)17-11-15(19(21,22)23)10-16(12-17)20(24,25)26/h3-5,10-12H,6-9H2,1-2H3. The highest BCUT2D eigenvalue weighted by atomic mass is 32.2. The number of aryl methyl sites for hydroxylation is 1. The van der Waals surface area contributed by atoms with E-state index in [1.165, 1.54) is 0 Å². The van der Waals surface area contributed by atoms with Crippen LogP contribution >= 0.6 is 0 Å². The van der Waals surface area contributed by atoms with E-state index in [0.717, 1.165) is 21.1 Å². The highest BCUT2D eigenvalue weighted by molar-refractivity contribution is 7.89. The molecule has 0 aromatic heterocycles. The van der Waals surface area contributed by atoms with Crippen molar-refractivity contribution in [1.29, 1.82) is 0 Å². The molecule has 0 unspecified atom stereocenters. The van der Waals surface area contributed by atoms with Crippen molar-refractivity contribution in [3.05, 3.63) is 58.7 Å². The third-order valence-corrected chi connectivity index (χ3v) is 7.23. The maximum atomic E-state index is 13.1. The van der Waals surface area contributed by atoms with E-state index in [0.29, 0.717) is 0 Å². The molecule has 0 aliphatic carbocycles. The molecule has 0 atom stereocenters. The predicted octanol–water partition coefficient (Wildman–Crippen LogP) is 4.85. The van der Waals surface area contributed by atoms with Crippen LogP contribution in [-0.2, 0) is 22.4 Å². The number of alkyl halides is 6. The van der Waals surface area contributed by atoms with Crippen LogP contribution in [0, 0.1) is 13.8 Å². The fourth-order valence-corrected chi connectivity index (χ4v) is 4.97. The first-order chi connectivity index (χ1) is 14.2. The average molecular weight is 466 g/mol. The van der Waals surface area contributed by atoms with Crippen LogP contribution in [0.1, 0.15) is 22.3 Å².